The molecule has 2 aliphatic rings. The number of esters is 1. The van der Waals surface area contributed by atoms with E-state index in [0.29, 0.717) is 36.5 Å². The van der Waals surface area contributed by atoms with Gasteiger partial charge in [0.1, 0.15) is 6.61 Å². The summed E-state index contributed by atoms with van der Waals surface area (Å²) in [5, 5.41) is 1.08. The Morgan fingerprint density at radius 1 is 1.39 bits per heavy atom. The Balaban J connectivity index is 1.71. The highest BCUT2D eigenvalue weighted by molar-refractivity contribution is 6.35. The van der Waals surface area contributed by atoms with Crippen LogP contribution in [0.5, 0.6) is 0 Å². The van der Waals surface area contributed by atoms with Gasteiger partial charge in [0.25, 0.3) is 0 Å². The molecule has 2 saturated heterocycles. The highest BCUT2D eigenvalue weighted by Crippen LogP contribution is 2.39. The fraction of sp³-hybridized carbons (Fsp3) is 0.588. The summed E-state index contributed by atoms with van der Waals surface area (Å²) in [5.74, 6) is -0.569. The van der Waals surface area contributed by atoms with Gasteiger partial charge in [0.05, 0.1) is 25.2 Å². The van der Waals surface area contributed by atoms with E-state index < -0.39 is 0 Å². The Bertz CT molecular complexity index is 586. The van der Waals surface area contributed by atoms with Gasteiger partial charge in [0, 0.05) is 27.6 Å². The van der Waals surface area contributed by atoms with Gasteiger partial charge >= 0.3 is 5.97 Å². The molecule has 1 aromatic rings. The van der Waals surface area contributed by atoms with Crippen molar-refractivity contribution in [2.75, 3.05) is 26.4 Å². The lowest BCUT2D eigenvalue weighted by Gasteiger charge is -2.38. The van der Waals surface area contributed by atoms with E-state index in [4.69, 9.17) is 37.4 Å². The van der Waals surface area contributed by atoms with Gasteiger partial charge in [-0.25, -0.2) is 0 Å². The van der Waals surface area contributed by atoms with Crippen LogP contribution in [0.4, 0.5) is 0 Å². The van der Waals surface area contributed by atoms with Gasteiger partial charge in [0.2, 0.25) is 0 Å². The van der Waals surface area contributed by atoms with E-state index in [-0.39, 0.29) is 23.4 Å². The Morgan fingerprint density at radius 2 is 2.17 bits per heavy atom. The summed E-state index contributed by atoms with van der Waals surface area (Å²) < 4.78 is 16.6. The zero-order chi connectivity index (χ0) is 16.4. The van der Waals surface area contributed by atoms with Crippen molar-refractivity contribution in [2.45, 2.75) is 25.9 Å². The van der Waals surface area contributed by atoms with Crippen LogP contribution in [-0.2, 0) is 19.0 Å². The molecule has 3 rings (SSSR count). The first-order valence-corrected chi connectivity index (χ1v) is 8.55. The third kappa shape index (κ3) is 3.82. The second-order valence-corrected chi connectivity index (χ2v) is 7.46. The predicted molar refractivity (Wildman–Crippen MR) is 87.8 cm³/mol. The van der Waals surface area contributed by atoms with Crippen molar-refractivity contribution in [3.63, 3.8) is 0 Å². The van der Waals surface area contributed by atoms with Gasteiger partial charge in [-0.3, -0.25) is 4.79 Å². The second kappa shape index (κ2) is 6.98. The molecule has 0 unspecified atom stereocenters. The molecule has 2 aliphatic heterocycles. The van der Waals surface area contributed by atoms with Crippen LogP contribution in [0, 0.1) is 11.3 Å². The highest BCUT2D eigenvalue weighted by atomic mass is 35.5. The van der Waals surface area contributed by atoms with Crippen LogP contribution in [0.3, 0.4) is 0 Å². The van der Waals surface area contributed by atoms with Crippen molar-refractivity contribution in [1.29, 1.82) is 0 Å². The molecule has 2 fully saturated rings. The summed E-state index contributed by atoms with van der Waals surface area (Å²) in [7, 11) is 0. The van der Waals surface area contributed by atoms with Crippen molar-refractivity contribution < 1.29 is 19.0 Å². The topological polar surface area (TPSA) is 44.8 Å². The summed E-state index contributed by atoms with van der Waals surface area (Å²) in [6.07, 6.45) is 1.18. The molecule has 0 bridgehead atoms. The third-order valence-electron chi connectivity index (χ3n) is 4.36. The lowest BCUT2D eigenvalue weighted by molar-refractivity contribution is -0.176. The number of hydrogen-bond donors (Lipinski definition) is 0. The highest BCUT2D eigenvalue weighted by Gasteiger charge is 2.39. The second-order valence-electron chi connectivity index (χ2n) is 6.62. The van der Waals surface area contributed by atoms with Gasteiger partial charge in [-0.2, -0.15) is 0 Å². The van der Waals surface area contributed by atoms with Gasteiger partial charge in [-0.05, 0) is 25.0 Å². The maximum atomic E-state index is 12.5. The summed E-state index contributed by atoms with van der Waals surface area (Å²) >= 11 is 12.2. The number of benzene rings is 1. The molecule has 2 atom stereocenters. The standard InChI is InChI=1S/C17H20Cl2O4/c1-17(8-21-9-17)10-23-16(20)13-3-2-6-22-15(13)12-5-4-11(18)7-14(12)19/h4-5,7,13,15H,2-3,6,8-10H2,1H3/t13-,15+/m0/s1. The minimum Gasteiger partial charge on any atom is -0.465 e. The van der Waals surface area contributed by atoms with Crippen molar-refractivity contribution >= 4 is 29.2 Å². The Labute approximate surface area is 146 Å². The molecule has 0 spiro atoms. The maximum absolute atomic E-state index is 12.5. The van der Waals surface area contributed by atoms with Crippen LogP contribution >= 0.6 is 23.2 Å². The van der Waals surface area contributed by atoms with Gasteiger partial charge in [-0.15, -0.1) is 0 Å². The fourth-order valence-electron chi connectivity index (χ4n) is 2.95. The van der Waals surface area contributed by atoms with Gasteiger partial charge < -0.3 is 14.2 Å². The number of ether oxygens (including phenoxy) is 3. The number of carbonyl (C=O) groups excluding carboxylic acids is 1. The average Bonchev–Trinajstić information content (AvgIpc) is 2.51. The van der Waals surface area contributed by atoms with E-state index in [1.165, 1.54) is 0 Å². The SMILES string of the molecule is CC1(COC(=O)[C@H]2CCCO[C@@H]2c2ccc(Cl)cc2Cl)COC1. The Hall–Kier alpha value is -0.810. The Kier molecular flexibility index (Phi) is 5.16. The van der Waals surface area contributed by atoms with Gasteiger partial charge in [0.15, 0.2) is 0 Å². The van der Waals surface area contributed by atoms with E-state index >= 15 is 0 Å². The molecule has 1 aromatic carbocycles. The minimum atomic E-state index is -0.383. The summed E-state index contributed by atoms with van der Waals surface area (Å²) in [6, 6.07) is 5.25. The van der Waals surface area contributed by atoms with Crippen LogP contribution in [0.15, 0.2) is 18.2 Å². The van der Waals surface area contributed by atoms with Crippen LogP contribution < -0.4 is 0 Å². The van der Waals surface area contributed by atoms with Crippen molar-refractivity contribution in [3.05, 3.63) is 33.8 Å². The van der Waals surface area contributed by atoms with E-state index in [0.717, 1.165) is 18.4 Å². The molecule has 6 heteroatoms. The summed E-state index contributed by atoms with van der Waals surface area (Å²) in [4.78, 5) is 12.5. The lowest BCUT2D eigenvalue weighted by Crippen LogP contribution is -2.45. The number of rotatable bonds is 4. The third-order valence-corrected chi connectivity index (χ3v) is 4.92. The van der Waals surface area contributed by atoms with Crippen molar-refractivity contribution in [3.8, 4) is 0 Å². The average molecular weight is 359 g/mol. The quantitative estimate of drug-likeness (QED) is 0.761. The molecule has 2 heterocycles. The van der Waals surface area contributed by atoms with Crippen LogP contribution in [0.2, 0.25) is 10.0 Å². The minimum absolute atomic E-state index is 0.0569. The molecule has 23 heavy (non-hydrogen) atoms. The first-order valence-electron chi connectivity index (χ1n) is 7.79. The van der Waals surface area contributed by atoms with Crippen LogP contribution in [-0.4, -0.2) is 32.4 Å². The molecular weight excluding hydrogens is 339 g/mol. The number of carbonyl (C=O) groups is 1. The van der Waals surface area contributed by atoms with Crippen molar-refractivity contribution in [2.24, 2.45) is 11.3 Å². The van der Waals surface area contributed by atoms with Crippen molar-refractivity contribution in [1.82, 2.24) is 0 Å². The largest absolute Gasteiger partial charge is 0.465 e. The molecule has 0 amide bonds. The smallest absolute Gasteiger partial charge is 0.311 e. The molecular formula is C17H20Cl2O4. The molecule has 0 N–H and O–H groups in total. The predicted octanol–water partition coefficient (Wildman–Crippen LogP) is 4.04. The molecule has 0 aliphatic carbocycles. The maximum Gasteiger partial charge on any atom is 0.311 e. The van der Waals surface area contributed by atoms with E-state index in [2.05, 4.69) is 6.92 Å². The normalized spacial score (nSPS) is 26.4. The number of hydrogen-bond acceptors (Lipinski definition) is 4. The van der Waals surface area contributed by atoms with Gasteiger partial charge in [-0.1, -0.05) is 36.2 Å². The van der Waals surface area contributed by atoms with Crippen LogP contribution in [0.1, 0.15) is 31.4 Å². The monoisotopic (exact) mass is 358 g/mol. The van der Waals surface area contributed by atoms with Crippen LogP contribution in [0.25, 0.3) is 0 Å². The first-order chi connectivity index (χ1) is 11.0. The molecule has 0 radical (unpaired) electrons. The summed E-state index contributed by atoms with van der Waals surface area (Å²) in [5.41, 5.74) is 0.731. The zero-order valence-electron chi connectivity index (χ0n) is 13.0. The number of halogens is 2. The van der Waals surface area contributed by atoms with E-state index in [1.807, 2.05) is 6.07 Å². The fourth-order valence-corrected chi connectivity index (χ4v) is 3.46. The Morgan fingerprint density at radius 3 is 2.83 bits per heavy atom. The molecule has 0 saturated carbocycles. The van der Waals surface area contributed by atoms with E-state index in [1.54, 1.807) is 12.1 Å². The van der Waals surface area contributed by atoms with E-state index in [9.17, 15) is 4.79 Å². The molecule has 4 nitrogen and oxygen atoms in total. The molecule has 126 valence electrons. The molecule has 0 aromatic heterocycles. The zero-order valence-corrected chi connectivity index (χ0v) is 14.5. The summed E-state index contributed by atoms with van der Waals surface area (Å²) in [6.45, 7) is 4.30. The lowest BCUT2D eigenvalue weighted by atomic mass is 9.88. The first kappa shape index (κ1) is 17.0.